The Morgan fingerprint density at radius 3 is 2.84 bits per heavy atom. The van der Waals surface area contributed by atoms with Crippen LogP contribution in [0.1, 0.15) is 6.92 Å². The van der Waals surface area contributed by atoms with Crippen LogP contribution in [0, 0.1) is 0 Å². The Bertz CT molecular complexity index is 724. The summed E-state index contributed by atoms with van der Waals surface area (Å²) in [7, 11) is -3.78. The number of allylic oxidation sites excluding steroid dienone is 1. The molecule has 19 heavy (non-hydrogen) atoms. The fourth-order valence-electron chi connectivity index (χ4n) is 1.72. The minimum atomic E-state index is -3.78. The normalized spacial score (nSPS) is 12.1. The van der Waals surface area contributed by atoms with Crippen LogP contribution in [0.3, 0.4) is 0 Å². The second-order valence-corrected chi connectivity index (χ2v) is 5.42. The van der Waals surface area contributed by atoms with Gasteiger partial charge >= 0.3 is 0 Å². The van der Waals surface area contributed by atoms with Crippen molar-refractivity contribution in [2.24, 2.45) is 5.14 Å². The number of hydrogen-bond donors (Lipinski definition) is 1. The molecule has 1 aromatic carbocycles. The lowest BCUT2D eigenvalue weighted by molar-refractivity contribution is 0.366. The van der Waals surface area contributed by atoms with Crippen molar-refractivity contribution < 1.29 is 13.2 Å². The maximum atomic E-state index is 11.5. The number of aromatic nitrogens is 1. The number of benzene rings is 1. The van der Waals surface area contributed by atoms with E-state index < -0.39 is 10.0 Å². The number of pyridine rings is 1. The molecule has 0 aliphatic carbocycles. The highest BCUT2D eigenvalue weighted by Gasteiger charge is 2.15. The highest BCUT2D eigenvalue weighted by molar-refractivity contribution is 7.89. The first-order chi connectivity index (χ1) is 9.04. The standard InChI is InChI=1S/C13H14N2O3S/c1-2-3-9-18-11-6-7-12(19(14,16)17)10-5-4-8-15-13(10)11/h2-8H,9H2,1H3,(H2,14,16,17)/b3-2+. The average Bonchev–Trinajstić information content (AvgIpc) is 2.37. The monoisotopic (exact) mass is 278 g/mol. The van der Waals surface area contributed by atoms with Crippen LogP contribution in [0.2, 0.25) is 0 Å². The van der Waals surface area contributed by atoms with Gasteiger partial charge in [0.25, 0.3) is 0 Å². The van der Waals surface area contributed by atoms with Crippen LogP contribution >= 0.6 is 0 Å². The first-order valence-electron chi connectivity index (χ1n) is 5.68. The third kappa shape index (κ3) is 2.91. The highest BCUT2D eigenvalue weighted by atomic mass is 32.2. The lowest BCUT2D eigenvalue weighted by atomic mass is 10.2. The van der Waals surface area contributed by atoms with Crippen LogP contribution < -0.4 is 9.88 Å². The highest BCUT2D eigenvalue weighted by Crippen LogP contribution is 2.28. The van der Waals surface area contributed by atoms with Crippen LogP contribution in [0.4, 0.5) is 0 Å². The van der Waals surface area contributed by atoms with Crippen LogP contribution in [0.15, 0.2) is 47.5 Å². The Hall–Kier alpha value is -1.92. The molecule has 0 amide bonds. The molecule has 0 radical (unpaired) electrons. The fraction of sp³-hybridized carbons (Fsp3) is 0.154. The maximum Gasteiger partial charge on any atom is 0.238 e. The summed E-state index contributed by atoms with van der Waals surface area (Å²) in [5.74, 6) is 0.529. The molecule has 2 rings (SSSR count). The van der Waals surface area contributed by atoms with E-state index in [0.717, 1.165) is 0 Å². The van der Waals surface area contributed by atoms with Gasteiger partial charge in [-0.05, 0) is 31.2 Å². The number of hydrogen-bond acceptors (Lipinski definition) is 4. The van der Waals surface area contributed by atoms with Gasteiger partial charge in [-0.1, -0.05) is 12.2 Å². The van der Waals surface area contributed by atoms with E-state index >= 15 is 0 Å². The van der Waals surface area contributed by atoms with Crippen LogP contribution in [0.5, 0.6) is 5.75 Å². The van der Waals surface area contributed by atoms with Gasteiger partial charge in [-0.2, -0.15) is 0 Å². The predicted molar refractivity (Wildman–Crippen MR) is 73.4 cm³/mol. The van der Waals surface area contributed by atoms with Crippen molar-refractivity contribution >= 4 is 20.9 Å². The van der Waals surface area contributed by atoms with Gasteiger partial charge in [-0.15, -0.1) is 0 Å². The SMILES string of the molecule is C/C=C/COc1ccc(S(N)(=O)=O)c2cccnc12. The van der Waals surface area contributed by atoms with Crippen LogP contribution in [0.25, 0.3) is 10.9 Å². The predicted octanol–water partition coefficient (Wildman–Crippen LogP) is 1.84. The Kier molecular flexibility index (Phi) is 3.82. The Morgan fingerprint density at radius 2 is 2.16 bits per heavy atom. The maximum absolute atomic E-state index is 11.5. The molecular weight excluding hydrogens is 264 g/mol. The van der Waals surface area contributed by atoms with Crippen molar-refractivity contribution in [3.8, 4) is 5.75 Å². The number of nitrogens with zero attached hydrogens (tertiary/aromatic N) is 1. The Labute approximate surface area is 111 Å². The van der Waals surface area contributed by atoms with E-state index in [1.807, 2.05) is 19.1 Å². The molecule has 2 N–H and O–H groups in total. The number of rotatable bonds is 4. The zero-order chi connectivity index (χ0) is 13.9. The van der Waals surface area contributed by atoms with E-state index in [1.165, 1.54) is 6.07 Å². The molecule has 0 spiro atoms. The molecule has 100 valence electrons. The van der Waals surface area contributed by atoms with Gasteiger partial charge in [0, 0.05) is 11.6 Å². The van der Waals surface area contributed by atoms with E-state index in [1.54, 1.807) is 24.4 Å². The molecule has 0 aliphatic rings. The third-order valence-corrected chi connectivity index (χ3v) is 3.54. The zero-order valence-electron chi connectivity index (χ0n) is 10.4. The van der Waals surface area contributed by atoms with E-state index in [2.05, 4.69) is 4.98 Å². The second kappa shape index (κ2) is 5.38. The summed E-state index contributed by atoms with van der Waals surface area (Å²) in [5, 5.41) is 5.65. The fourth-order valence-corrected chi connectivity index (χ4v) is 2.45. The van der Waals surface area contributed by atoms with Gasteiger partial charge in [-0.3, -0.25) is 4.98 Å². The molecule has 0 aliphatic heterocycles. The second-order valence-electron chi connectivity index (χ2n) is 3.89. The van der Waals surface area contributed by atoms with Gasteiger partial charge < -0.3 is 4.74 Å². The van der Waals surface area contributed by atoms with Crippen LogP contribution in [-0.4, -0.2) is 20.0 Å². The lowest BCUT2D eigenvalue weighted by Gasteiger charge is -2.09. The minimum absolute atomic E-state index is 0.0500. The molecule has 6 heteroatoms. The largest absolute Gasteiger partial charge is 0.487 e. The molecule has 0 saturated heterocycles. The molecule has 0 unspecified atom stereocenters. The number of nitrogens with two attached hydrogens (primary N) is 1. The molecule has 5 nitrogen and oxygen atoms in total. The van der Waals surface area contributed by atoms with Crippen LogP contribution in [-0.2, 0) is 10.0 Å². The molecule has 0 saturated carbocycles. The van der Waals surface area contributed by atoms with E-state index in [-0.39, 0.29) is 4.90 Å². The number of primary sulfonamides is 1. The molecule has 1 aromatic heterocycles. The first-order valence-corrected chi connectivity index (χ1v) is 7.23. The molecule has 0 bridgehead atoms. The Balaban J connectivity index is 2.58. The quantitative estimate of drug-likeness (QED) is 0.865. The van der Waals surface area contributed by atoms with E-state index in [0.29, 0.717) is 23.3 Å². The number of fused-ring (bicyclic) bond motifs is 1. The lowest BCUT2D eigenvalue weighted by Crippen LogP contribution is -2.13. The third-order valence-electron chi connectivity index (χ3n) is 2.57. The summed E-state index contributed by atoms with van der Waals surface area (Å²) in [5.41, 5.74) is 0.485. The van der Waals surface area contributed by atoms with Crippen molar-refractivity contribution in [1.29, 1.82) is 0 Å². The van der Waals surface area contributed by atoms with Gasteiger partial charge in [0.1, 0.15) is 17.9 Å². The van der Waals surface area contributed by atoms with Crippen molar-refractivity contribution in [2.45, 2.75) is 11.8 Å². The van der Waals surface area contributed by atoms with Crippen molar-refractivity contribution in [3.63, 3.8) is 0 Å². The van der Waals surface area contributed by atoms with Gasteiger partial charge in [0.05, 0.1) is 4.90 Å². The molecule has 2 aromatic rings. The van der Waals surface area contributed by atoms with Crippen molar-refractivity contribution in [2.75, 3.05) is 6.61 Å². The summed E-state index contributed by atoms with van der Waals surface area (Å²) in [6.45, 7) is 2.29. The topological polar surface area (TPSA) is 82.3 Å². The summed E-state index contributed by atoms with van der Waals surface area (Å²) >= 11 is 0. The summed E-state index contributed by atoms with van der Waals surface area (Å²) in [6.07, 6.45) is 5.30. The molecule has 0 atom stereocenters. The summed E-state index contributed by atoms with van der Waals surface area (Å²) in [4.78, 5) is 4.21. The molecule has 1 heterocycles. The van der Waals surface area contributed by atoms with Gasteiger partial charge in [-0.25, -0.2) is 13.6 Å². The number of sulfonamides is 1. The molecule has 0 fully saturated rings. The van der Waals surface area contributed by atoms with Crippen molar-refractivity contribution in [3.05, 3.63) is 42.6 Å². The van der Waals surface area contributed by atoms with E-state index in [9.17, 15) is 8.42 Å². The molecular formula is C13H14N2O3S. The summed E-state index contributed by atoms with van der Waals surface area (Å²) in [6, 6.07) is 6.32. The average molecular weight is 278 g/mol. The smallest absolute Gasteiger partial charge is 0.238 e. The zero-order valence-corrected chi connectivity index (χ0v) is 11.2. The van der Waals surface area contributed by atoms with Gasteiger partial charge in [0.15, 0.2) is 0 Å². The van der Waals surface area contributed by atoms with E-state index in [4.69, 9.17) is 9.88 Å². The van der Waals surface area contributed by atoms with Crippen molar-refractivity contribution in [1.82, 2.24) is 4.98 Å². The Morgan fingerprint density at radius 1 is 1.37 bits per heavy atom. The van der Waals surface area contributed by atoms with Gasteiger partial charge in [0.2, 0.25) is 10.0 Å². The first kappa shape index (κ1) is 13.5. The number of ether oxygens (including phenoxy) is 1. The minimum Gasteiger partial charge on any atom is -0.487 e. The summed E-state index contributed by atoms with van der Waals surface area (Å²) < 4.78 is 28.6.